The molecule has 0 heterocycles. The Kier molecular flexibility index (Phi) is 13.6. The van der Waals surface area contributed by atoms with Crippen molar-refractivity contribution in [2.45, 2.75) is 58.9 Å². The van der Waals surface area contributed by atoms with Gasteiger partial charge in [-0.1, -0.05) is 67.4 Å². The maximum Gasteiger partial charge on any atom is 0.500 e. The summed E-state index contributed by atoms with van der Waals surface area (Å²) in [6, 6.07) is 26.3. The maximum atomic E-state index is 13.3. The Morgan fingerprint density at radius 1 is 0.596 bits per heavy atom. The highest BCUT2D eigenvalue weighted by Crippen LogP contribution is 2.42. The van der Waals surface area contributed by atoms with Gasteiger partial charge >= 0.3 is 14.8 Å². The van der Waals surface area contributed by atoms with Gasteiger partial charge in [0.25, 0.3) is 5.91 Å². The van der Waals surface area contributed by atoms with Gasteiger partial charge in [-0.05, 0) is 73.7 Å². The Bertz CT molecular complexity index is 2120. The number of carbonyl (C=O) groups is 2. The van der Waals surface area contributed by atoms with Crippen LogP contribution in [0.25, 0.3) is 43.1 Å². The van der Waals surface area contributed by atoms with Crippen molar-refractivity contribution >= 4 is 63.8 Å². The van der Waals surface area contributed by atoms with Crippen molar-refractivity contribution in [3.05, 3.63) is 83.4 Å². The number of nitrogens with zero attached hydrogens (tertiary/aromatic N) is 2. The number of nitriles is 2. The van der Waals surface area contributed by atoms with Crippen LogP contribution in [0.15, 0.2) is 66.7 Å². The molecule has 0 radical (unpaired) electrons. The molecule has 0 aliphatic rings. The first-order valence-corrected chi connectivity index (χ1v) is 20.2. The van der Waals surface area contributed by atoms with Crippen LogP contribution >= 0.6 is 0 Å². The summed E-state index contributed by atoms with van der Waals surface area (Å²) in [7, 11) is -2.70. The largest absolute Gasteiger partial charge is 0.500 e. The zero-order valence-corrected chi connectivity index (χ0v) is 31.3. The maximum absolute atomic E-state index is 13.3. The number of unbranched alkanes of at least 4 members (excludes halogenated alkanes) is 3. The number of fused-ring (bicyclic) bond motifs is 7. The molecule has 0 fully saturated rings. The lowest BCUT2D eigenvalue weighted by atomic mass is 9.85. The zero-order valence-electron chi connectivity index (χ0n) is 30.3. The summed E-state index contributed by atoms with van der Waals surface area (Å²) >= 11 is 0. The van der Waals surface area contributed by atoms with Crippen molar-refractivity contribution in [1.82, 2.24) is 16.0 Å². The van der Waals surface area contributed by atoms with Gasteiger partial charge in [0.1, 0.15) is 12.1 Å². The standard InChI is InChI=1S/C41H47N5O5Si/c1-4-49-52(50-5-2,51-6-3)25-15-24-46-41(48)45-23-14-8-7-13-22-44-40(47)29-20-21-34-35(26-29)32-18-11-12-19-33(32)38-36(27-42)30-16-9-10-17-31(30)37(28-43)39(34)38/h9-12,16-21,26H,4-8,13-15,22-25H2,1-3H3,(H,44,47)(H2,45,46,48). The van der Waals surface area contributed by atoms with Gasteiger partial charge in [0.05, 0.1) is 11.1 Å². The molecule has 5 aromatic rings. The lowest BCUT2D eigenvalue weighted by Crippen LogP contribution is -2.46. The van der Waals surface area contributed by atoms with Crippen molar-refractivity contribution < 1.29 is 22.9 Å². The smallest absolute Gasteiger partial charge is 0.374 e. The van der Waals surface area contributed by atoms with Gasteiger partial charge in [-0.25, -0.2) is 4.79 Å². The quantitative estimate of drug-likeness (QED) is 0.0360. The first-order chi connectivity index (χ1) is 25.4. The van der Waals surface area contributed by atoms with Crippen LogP contribution in [0, 0.1) is 22.7 Å². The molecule has 3 N–H and O–H groups in total. The first kappa shape index (κ1) is 38.2. The summed E-state index contributed by atoms with van der Waals surface area (Å²) in [4.78, 5) is 25.5. The van der Waals surface area contributed by atoms with Crippen LogP contribution in [-0.4, -0.2) is 60.2 Å². The van der Waals surface area contributed by atoms with Crippen LogP contribution in [0.2, 0.25) is 6.04 Å². The molecule has 3 amide bonds. The molecule has 0 bridgehead atoms. The minimum Gasteiger partial charge on any atom is -0.374 e. The fourth-order valence-electron chi connectivity index (χ4n) is 6.95. The van der Waals surface area contributed by atoms with Crippen molar-refractivity contribution in [1.29, 1.82) is 10.5 Å². The Balaban J connectivity index is 1.13. The van der Waals surface area contributed by atoms with Crippen molar-refractivity contribution in [2.24, 2.45) is 0 Å². The number of benzene rings is 5. The Hall–Kier alpha value is -5.04. The molecule has 0 aliphatic carbocycles. The topological polar surface area (TPSA) is 145 Å². The number of amides is 3. The van der Waals surface area contributed by atoms with Gasteiger partial charge in [0.2, 0.25) is 0 Å². The molecule has 52 heavy (non-hydrogen) atoms. The van der Waals surface area contributed by atoms with Gasteiger partial charge in [-0.2, -0.15) is 10.5 Å². The summed E-state index contributed by atoms with van der Waals surface area (Å²) in [5, 5.41) is 36.0. The molecule has 5 rings (SSSR count). The van der Waals surface area contributed by atoms with Gasteiger partial charge < -0.3 is 29.2 Å². The van der Waals surface area contributed by atoms with Gasteiger partial charge in [-0.3, -0.25) is 4.79 Å². The second kappa shape index (κ2) is 18.4. The molecule has 10 nitrogen and oxygen atoms in total. The Morgan fingerprint density at radius 3 is 1.62 bits per heavy atom. The second-order valence-electron chi connectivity index (χ2n) is 12.5. The van der Waals surface area contributed by atoms with E-state index in [2.05, 4.69) is 28.1 Å². The molecule has 0 atom stereocenters. The highest BCUT2D eigenvalue weighted by molar-refractivity contribution is 6.60. The van der Waals surface area contributed by atoms with Crippen LogP contribution in [0.4, 0.5) is 4.79 Å². The third-order valence-corrected chi connectivity index (χ3v) is 12.3. The van der Waals surface area contributed by atoms with Crippen molar-refractivity contribution in [3.8, 4) is 12.1 Å². The summed E-state index contributed by atoms with van der Waals surface area (Å²) < 4.78 is 17.6. The summed E-state index contributed by atoms with van der Waals surface area (Å²) in [5.41, 5.74) is 1.60. The molecule has 5 aromatic carbocycles. The summed E-state index contributed by atoms with van der Waals surface area (Å²) in [6.07, 6.45) is 4.22. The Morgan fingerprint density at radius 2 is 1.08 bits per heavy atom. The predicted molar refractivity (Wildman–Crippen MR) is 208 cm³/mol. The average Bonchev–Trinajstić information content (AvgIpc) is 3.16. The van der Waals surface area contributed by atoms with E-state index in [0.717, 1.165) is 68.8 Å². The van der Waals surface area contributed by atoms with E-state index in [9.17, 15) is 20.1 Å². The van der Waals surface area contributed by atoms with Crippen LogP contribution in [0.1, 0.15) is 74.4 Å². The van der Waals surface area contributed by atoms with Crippen LogP contribution < -0.4 is 16.0 Å². The second-order valence-corrected chi connectivity index (χ2v) is 15.2. The molecule has 0 saturated heterocycles. The van der Waals surface area contributed by atoms with Crippen LogP contribution in [-0.2, 0) is 13.3 Å². The number of rotatable bonds is 18. The van der Waals surface area contributed by atoms with Gasteiger partial charge in [0, 0.05) is 72.6 Å². The van der Waals surface area contributed by atoms with Crippen molar-refractivity contribution in [2.75, 3.05) is 39.5 Å². The third-order valence-electron chi connectivity index (χ3n) is 9.19. The molecule has 270 valence electrons. The number of hydrogen-bond acceptors (Lipinski definition) is 7. The number of urea groups is 1. The minimum absolute atomic E-state index is 0.162. The lowest BCUT2D eigenvalue weighted by molar-refractivity contribution is 0.0708. The SMILES string of the molecule is CCO[Si](CCCNC(=O)NCCCCCCNC(=O)c1ccc2c(c1)c1ccccc1c1c(C#N)c3ccccc3c(C#N)c21)(OCC)OCC. The predicted octanol–water partition coefficient (Wildman–Crippen LogP) is 8.07. The average molecular weight is 718 g/mol. The van der Waals surface area contributed by atoms with Crippen molar-refractivity contribution in [3.63, 3.8) is 0 Å². The molecule has 0 spiro atoms. The monoisotopic (exact) mass is 717 g/mol. The van der Waals surface area contributed by atoms with E-state index in [4.69, 9.17) is 13.3 Å². The van der Waals surface area contributed by atoms with Crippen LogP contribution in [0.5, 0.6) is 0 Å². The zero-order chi connectivity index (χ0) is 36.9. The Labute approximate surface area is 306 Å². The van der Waals surface area contributed by atoms with E-state index in [-0.39, 0.29) is 11.9 Å². The lowest BCUT2D eigenvalue weighted by Gasteiger charge is -2.28. The van der Waals surface area contributed by atoms with Gasteiger partial charge in [0.15, 0.2) is 0 Å². The fraction of sp³-hybridized carbons (Fsp3) is 0.366. The molecular formula is C41H47N5O5Si. The van der Waals surface area contributed by atoms with E-state index in [1.165, 1.54) is 0 Å². The van der Waals surface area contributed by atoms with E-state index in [1.54, 1.807) is 6.07 Å². The van der Waals surface area contributed by atoms with E-state index >= 15 is 0 Å². The third kappa shape index (κ3) is 8.52. The normalized spacial score (nSPS) is 11.5. The number of hydrogen-bond donors (Lipinski definition) is 3. The molecule has 11 heteroatoms. The van der Waals surface area contributed by atoms with E-state index < -0.39 is 8.80 Å². The first-order valence-electron chi connectivity index (χ1n) is 18.3. The van der Waals surface area contributed by atoms with E-state index in [1.807, 2.05) is 81.4 Å². The molecule has 0 unspecified atom stereocenters. The van der Waals surface area contributed by atoms with Gasteiger partial charge in [-0.15, -0.1) is 0 Å². The number of carbonyl (C=O) groups excluding carboxylic acids is 2. The number of nitrogens with one attached hydrogen (secondary N) is 3. The molecular weight excluding hydrogens is 671 g/mol. The highest BCUT2D eigenvalue weighted by atomic mass is 28.4. The van der Waals surface area contributed by atoms with Crippen LogP contribution in [0.3, 0.4) is 0 Å². The molecule has 0 saturated carbocycles. The summed E-state index contributed by atoms with van der Waals surface area (Å²) in [5.74, 6) is -0.162. The minimum atomic E-state index is -2.70. The summed E-state index contributed by atoms with van der Waals surface area (Å²) in [6.45, 7) is 9.01. The fourth-order valence-corrected chi connectivity index (χ4v) is 9.56. The molecule has 0 aliphatic heterocycles. The highest BCUT2D eigenvalue weighted by Gasteiger charge is 2.39. The molecule has 0 aromatic heterocycles. The van der Waals surface area contributed by atoms with E-state index in [0.29, 0.717) is 68.6 Å².